The molecular formula is C18H19BrN2O4. The first-order chi connectivity index (χ1) is 12.0. The van der Waals surface area contributed by atoms with Crippen molar-refractivity contribution in [2.75, 3.05) is 13.2 Å². The Labute approximate surface area is 154 Å². The number of nitrogens with one attached hydrogen (secondary N) is 2. The Bertz CT molecular complexity index is 747. The molecular weight excluding hydrogens is 388 g/mol. The van der Waals surface area contributed by atoms with Crippen molar-refractivity contribution in [2.24, 2.45) is 0 Å². The van der Waals surface area contributed by atoms with E-state index in [0.29, 0.717) is 17.9 Å². The molecule has 0 aliphatic heterocycles. The number of halogens is 1. The SMILES string of the molecule is CCOc1ccc(C(=O)NNC(=O)COc2ccc(Br)cc2)cc1C. The van der Waals surface area contributed by atoms with Gasteiger partial charge in [-0.2, -0.15) is 0 Å². The molecule has 0 bridgehead atoms. The van der Waals surface area contributed by atoms with E-state index < -0.39 is 11.8 Å². The summed E-state index contributed by atoms with van der Waals surface area (Å²) in [6.07, 6.45) is 0. The Hall–Kier alpha value is -2.54. The van der Waals surface area contributed by atoms with Gasteiger partial charge in [-0.3, -0.25) is 20.4 Å². The van der Waals surface area contributed by atoms with Gasteiger partial charge < -0.3 is 9.47 Å². The van der Waals surface area contributed by atoms with E-state index in [-0.39, 0.29) is 6.61 Å². The number of carbonyl (C=O) groups is 2. The molecule has 0 heterocycles. The van der Waals surface area contributed by atoms with Crippen LogP contribution in [0.4, 0.5) is 0 Å². The van der Waals surface area contributed by atoms with Crippen molar-refractivity contribution in [3.8, 4) is 11.5 Å². The molecule has 0 aromatic heterocycles. The summed E-state index contributed by atoms with van der Waals surface area (Å²) in [5.41, 5.74) is 5.95. The molecule has 0 aliphatic rings. The first-order valence-electron chi connectivity index (χ1n) is 7.70. The monoisotopic (exact) mass is 406 g/mol. The summed E-state index contributed by atoms with van der Waals surface area (Å²) >= 11 is 3.32. The second-order valence-electron chi connectivity index (χ2n) is 5.16. The Balaban J connectivity index is 1.81. The molecule has 0 saturated heterocycles. The number of carbonyl (C=O) groups excluding carboxylic acids is 2. The summed E-state index contributed by atoms with van der Waals surface area (Å²) in [6, 6.07) is 12.2. The molecule has 2 rings (SSSR count). The second kappa shape index (κ2) is 9.08. The van der Waals surface area contributed by atoms with Gasteiger partial charge in [-0.15, -0.1) is 0 Å². The second-order valence-corrected chi connectivity index (χ2v) is 6.07. The van der Waals surface area contributed by atoms with Crippen molar-refractivity contribution in [1.29, 1.82) is 0 Å². The van der Waals surface area contributed by atoms with Gasteiger partial charge in [0.2, 0.25) is 0 Å². The minimum absolute atomic E-state index is 0.204. The molecule has 0 saturated carbocycles. The lowest BCUT2D eigenvalue weighted by atomic mass is 10.1. The quantitative estimate of drug-likeness (QED) is 0.722. The number of benzene rings is 2. The highest BCUT2D eigenvalue weighted by atomic mass is 79.9. The van der Waals surface area contributed by atoms with Crippen molar-refractivity contribution in [3.05, 3.63) is 58.1 Å². The zero-order valence-electron chi connectivity index (χ0n) is 14.0. The first-order valence-corrected chi connectivity index (χ1v) is 8.50. The zero-order chi connectivity index (χ0) is 18.2. The normalized spacial score (nSPS) is 10.0. The van der Waals surface area contributed by atoms with Crippen LogP contribution >= 0.6 is 15.9 Å². The van der Waals surface area contributed by atoms with Crippen LogP contribution in [0.15, 0.2) is 46.9 Å². The number of amides is 2. The summed E-state index contributed by atoms with van der Waals surface area (Å²) in [4.78, 5) is 23.8. The minimum Gasteiger partial charge on any atom is -0.494 e. The van der Waals surface area contributed by atoms with E-state index in [0.717, 1.165) is 15.8 Å². The van der Waals surface area contributed by atoms with Gasteiger partial charge in [-0.25, -0.2) is 0 Å². The molecule has 2 aromatic rings. The summed E-state index contributed by atoms with van der Waals surface area (Å²) in [5, 5.41) is 0. The van der Waals surface area contributed by atoms with Crippen LogP contribution in [-0.2, 0) is 4.79 Å². The van der Waals surface area contributed by atoms with Crippen molar-refractivity contribution < 1.29 is 19.1 Å². The smallest absolute Gasteiger partial charge is 0.276 e. The molecule has 0 aliphatic carbocycles. The van der Waals surface area contributed by atoms with Gasteiger partial charge in [0.1, 0.15) is 11.5 Å². The number of hydrazine groups is 1. The maximum atomic E-state index is 12.1. The lowest BCUT2D eigenvalue weighted by Gasteiger charge is -2.11. The Kier molecular flexibility index (Phi) is 6.82. The molecule has 2 N–H and O–H groups in total. The van der Waals surface area contributed by atoms with Crippen LogP contribution in [0, 0.1) is 6.92 Å². The summed E-state index contributed by atoms with van der Waals surface area (Å²) in [5.74, 6) is 0.417. The van der Waals surface area contributed by atoms with Crippen LogP contribution in [-0.4, -0.2) is 25.0 Å². The summed E-state index contributed by atoms with van der Waals surface area (Å²) < 4.78 is 11.7. The van der Waals surface area contributed by atoms with Crippen molar-refractivity contribution in [3.63, 3.8) is 0 Å². The third kappa shape index (κ3) is 5.79. The highest BCUT2D eigenvalue weighted by molar-refractivity contribution is 9.10. The molecule has 132 valence electrons. The van der Waals surface area contributed by atoms with E-state index in [9.17, 15) is 9.59 Å². The molecule has 0 unspecified atom stereocenters. The van der Waals surface area contributed by atoms with Crippen molar-refractivity contribution >= 4 is 27.7 Å². The fourth-order valence-corrected chi connectivity index (χ4v) is 2.29. The predicted octanol–water partition coefficient (Wildman–Crippen LogP) is 3.00. The van der Waals surface area contributed by atoms with E-state index in [1.807, 2.05) is 26.0 Å². The van der Waals surface area contributed by atoms with Gasteiger partial charge >= 0.3 is 0 Å². The largest absolute Gasteiger partial charge is 0.494 e. The maximum absolute atomic E-state index is 12.1. The highest BCUT2D eigenvalue weighted by Gasteiger charge is 2.10. The molecule has 2 amide bonds. The van der Waals surface area contributed by atoms with Gasteiger partial charge in [-0.1, -0.05) is 15.9 Å². The zero-order valence-corrected chi connectivity index (χ0v) is 15.6. The number of ether oxygens (including phenoxy) is 2. The molecule has 0 atom stereocenters. The topological polar surface area (TPSA) is 76.7 Å². The van der Waals surface area contributed by atoms with Gasteiger partial charge in [0, 0.05) is 10.0 Å². The van der Waals surface area contributed by atoms with Crippen LogP contribution < -0.4 is 20.3 Å². The average Bonchev–Trinajstić information content (AvgIpc) is 2.61. The van der Waals surface area contributed by atoms with E-state index >= 15 is 0 Å². The third-order valence-electron chi connectivity index (χ3n) is 3.24. The maximum Gasteiger partial charge on any atom is 0.276 e. The van der Waals surface area contributed by atoms with Gasteiger partial charge in [0.25, 0.3) is 11.8 Å². The van der Waals surface area contributed by atoms with Crippen molar-refractivity contribution in [2.45, 2.75) is 13.8 Å². The Morgan fingerprint density at radius 3 is 2.40 bits per heavy atom. The van der Waals surface area contributed by atoms with E-state index in [2.05, 4.69) is 26.8 Å². The van der Waals surface area contributed by atoms with E-state index in [1.54, 1.807) is 30.3 Å². The summed E-state index contributed by atoms with van der Waals surface area (Å²) in [7, 11) is 0. The third-order valence-corrected chi connectivity index (χ3v) is 3.76. The molecule has 25 heavy (non-hydrogen) atoms. The minimum atomic E-state index is -0.459. The van der Waals surface area contributed by atoms with Gasteiger partial charge in [0.15, 0.2) is 6.61 Å². The molecule has 0 spiro atoms. The Morgan fingerprint density at radius 1 is 1.04 bits per heavy atom. The molecule has 7 heteroatoms. The fraction of sp³-hybridized carbons (Fsp3) is 0.222. The van der Waals surface area contributed by atoms with Crippen LogP contribution in [0.2, 0.25) is 0 Å². The molecule has 6 nitrogen and oxygen atoms in total. The van der Waals surface area contributed by atoms with Crippen LogP contribution in [0.5, 0.6) is 11.5 Å². The van der Waals surface area contributed by atoms with Crippen LogP contribution in [0.3, 0.4) is 0 Å². The molecule has 0 fully saturated rings. The lowest BCUT2D eigenvalue weighted by Crippen LogP contribution is -2.43. The van der Waals surface area contributed by atoms with E-state index in [1.165, 1.54) is 0 Å². The number of aryl methyl sites for hydroxylation is 1. The van der Waals surface area contributed by atoms with E-state index in [4.69, 9.17) is 9.47 Å². The molecule has 2 aromatic carbocycles. The summed E-state index contributed by atoms with van der Waals surface area (Å²) in [6.45, 7) is 4.10. The van der Waals surface area contributed by atoms with Crippen molar-refractivity contribution in [1.82, 2.24) is 10.9 Å². The molecule has 0 radical (unpaired) electrons. The highest BCUT2D eigenvalue weighted by Crippen LogP contribution is 2.19. The van der Waals surface area contributed by atoms with Gasteiger partial charge in [0.05, 0.1) is 6.61 Å². The number of hydrogen-bond acceptors (Lipinski definition) is 4. The lowest BCUT2D eigenvalue weighted by molar-refractivity contribution is -0.123. The standard InChI is InChI=1S/C18H19BrN2O4/c1-3-24-16-9-4-13(10-12(16)2)18(23)21-20-17(22)11-25-15-7-5-14(19)6-8-15/h4-10H,3,11H2,1-2H3,(H,20,22)(H,21,23). The first kappa shape index (κ1) is 18.8. The fourth-order valence-electron chi connectivity index (χ4n) is 2.02. The number of rotatable bonds is 6. The predicted molar refractivity (Wildman–Crippen MR) is 97.6 cm³/mol. The van der Waals surface area contributed by atoms with Crippen LogP contribution in [0.25, 0.3) is 0 Å². The van der Waals surface area contributed by atoms with Crippen LogP contribution in [0.1, 0.15) is 22.8 Å². The Morgan fingerprint density at radius 2 is 1.76 bits per heavy atom. The average molecular weight is 407 g/mol. The number of hydrogen-bond donors (Lipinski definition) is 2. The van der Waals surface area contributed by atoms with Gasteiger partial charge in [-0.05, 0) is 61.9 Å².